The zero-order chi connectivity index (χ0) is 32.0. The Morgan fingerprint density at radius 3 is 2.19 bits per heavy atom. The van der Waals surface area contributed by atoms with Gasteiger partial charge >= 0.3 is 6.85 Å². The van der Waals surface area contributed by atoms with Crippen LogP contribution in [-0.4, -0.2) is 11.4 Å². The van der Waals surface area contributed by atoms with Gasteiger partial charge in [-0.3, -0.25) is 0 Å². The first-order chi connectivity index (χ1) is 22.7. The van der Waals surface area contributed by atoms with E-state index in [1.54, 1.807) is 0 Å². The van der Waals surface area contributed by atoms with E-state index in [1.165, 1.54) is 94.3 Å². The van der Waals surface area contributed by atoms with Gasteiger partial charge in [0.15, 0.2) is 0 Å². The summed E-state index contributed by atoms with van der Waals surface area (Å²) in [7, 11) is 0. The monoisotopic (exact) mass is 604 g/mol. The minimum Gasteiger partial charge on any atom is -0.376 e. The topological polar surface area (TPSA) is 8.17 Å². The van der Waals surface area contributed by atoms with Gasteiger partial charge in [-0.05, 0) is 86.5 Å². The normalized spacial score (nSPS) is 15.1. The molecule has 0 N–H and O–H groups in total. The summed E-state index contributed by atoms with van der Waals surface area (Å²) >= 11 is 0. The van der Waals surface area contributed by atoms with Crippen LogP contribution in [0.15, 0.2) is 115 Å². The third-order valence-corrected chi connectivity index (χ3v) is 11.4. The van der Waals surface area contributed by atoms with Crippen molar-refractivity contribution in [3.63, 3.8) is 0 Å². The number of para-hydroxylation sites is 3. The quantitative estimate of drug-likeness (QED) is 0.169. The van der Waals surface area contributed by atoms with Gasteiger partial charge in [0.2, 0.25) is 0 Å². The highest BCUT2D eigenvalue weighted by atomic mass is 15.1. The Balaban J connectivity index is 1.45. The van der Waals surface area contributed by atoms with Crippen LogP contribution in [0.5, 0.6) is 0 Å². The Hall–Kier alpha value is -5.02. The van der Waals surface area contributed by atoms with Crippen molar-refractivity contribution in [2.75, 3.05) is 4.81 Å². The Labute approximate surface area is 277 Å². The highest BCUT2D eigenvalue weighted by Gasteiger charge is 2.47. The molecule has 2 nitrogen and oxygen atoms in total. The third-order valence-electron chi connectivity index (χ3n) is 11.4. The van der Waals surface area contributed by atoms with E-state index in [2.05, 4.69) is 166 Å². The van der Waals surface area contributed by atoms with Gasteiger partial charge in [0.1, 0.15) is 0 Å². The number of fused-ring (bicyclic) bond motifs is 11. The molecule has 3 heteroatoms. The van der Waals surface area contributed by atoms with Crippen molar-refractivity contribution in [3.8, 4) is 27.9 Å². The molecule has 0 amide bonds. The minimum atomic E-state index is -0.0810. The van der Waals surface area contributed by atoms with Gasteiger partial charge in [-0.15, -0.1) is 0 Å². The fraction of sp³-hybridized carbons (Fsp3) is 0.182. The SMILES string of the molecule is Cc1ccccc1N1B2c3c(cc(C(C)(C)C)cc3-n3c4ccccc4c4cccc2c43)-c2c1ccc1c2-c2ccccc2C1(C)C. The van der Waals surface area contributed by atoms with Crippen LogP contribution in [0.2, 0.25) is 0 Å². The molecule has 7 aromatic rings. The van der Waals surface area contributed by atoms with Crippen LogP contribution in [0.4, 0.5) is 11.4 Å². The van der Waals surface area contributed by atoms with Crippen LogP contribution in [-0.2, 0) is 10.8 Å². The molecule has 0 saturated heterocycles. The molecule has 1 aromatic heterocycles. The maximum Gasteiger partial charge on any atom is 0.333 e. The van der Waals surface area contributed by atoms with Crippen LogP contribution in [0, 0.1) is 6.92 Å². The summed E-state index contributed by atoms with van der Waals surface area (Å²) in [6, 6.07) is 43.9. The maximum absolute atomic E-state index is 2.68. The summed E-state index contributed by atoms with van der Waals surface area (Å²) in [5.41, 5.74) is 20.2. The summed E-state index contributed by atoms with van der Waals surface area (Å²) in [4.78, 5) is 2.68. The lowest BCUT2D eigenvalue weighted by atomic mass is 9.43. The fourth-order valence-corrected chi connectivity index (χ4v) is 9.19. The Morgan fingerprint density at radius 2 is 1.36 bits per heavy atom. The van der Waals surface area contributed by atoms with E-state index in [9.17, 15) is 0 Å². The molecule has 2 aliphatic heterocycles. The van der Waals surface area contributed by atoms with Gasteiger partial charge in [-0.1, -0.05) is 126 Å². The van der Waals surface area contributed by atoms with E-state index in [4.69, 9.17) is 0 Å². The summed E-state index contributed by atoms with van der Waals surface area (Å²) in [5.74, 6) is 0. The molecule has 0 bridgehead atoms. The standard InChI is InChI=1S/C44H37BN2/c1-26-14-7-11-20-35(26)47-37-23-22-33-39(30-16-8-10-18-32(30)44(33,5)6)40(37)31-24-27(43(2,3)4)25-38-41(31)45(47)34-19-13-17-29-28-15-9-12-21-36(28)46(38)42(29)34/h7-25H,1-6H3. The lowest BCUT2D eigenvalue weighted by molar-refractivity contribution is 0.590. The van der Waals surface area contributed by atoms with Gasteiger partial charge in [-0.25, -0.2) is 0 Å². The second kappa shape index (κ2) is 8.86. The molecule has 226 valence electrons. The van der Waals surface area contributed by atoms with E-state index in [-0.39, 0.29) is 17.7 Å². The molecule has 0 spiro atoms. The molecule has 0 atom stereocenters. The molecule has 1 aliphatic carbocycles. The first-order valence-electron chi connectivity index (χ1n) is 17.0. The largest absolute Gasteiger partial charge is 0.376 e. The van der Waals surface area contributed by atoms with Crippen molar-refractivity contribution < 1.29 is 0 Å². The van der Waals surface area contributed by atoms with Crippen LogP contribution in [0.3, 0.4) is 0 Å². The van der Waals surface area contributed by atoms with Gasteiger partial charge < -0.3 is 9.38 Å². The number of hydrogen-bond donors (Lipinski definition) is 0. The molecule has 0 fully saturated rings. The fourth-order valence-electron chi connectivity index (χ4n) is 9.19. The zero-order valence-corrected chi connectivity index (χ0v) is 27.9. The first-order valence-corrected chi connectivity index (χ1v) is 17.0. The molecule has 0 unspecified atom stereocenters. The van der Waals surface area contributed by atoms with Crippen LogP contribution < -0.4 is 15.7 Å². The van der Waals surface area contributed by atoms with E-state index in [0.29, 0.717) is 0 Å². The van der Waals surface area contributed by atoms with Crippen molar-refractivity contribution in [2.24, 2.45) is 0 Å². The number of aromatic nitrogens is 1. The molecule has 6 aromatic carbocycles. The van der Waals surface area contributed by atoms with Crippen molar-refractivity contribution in [1.29, 1.82) is 0 Å². The average Bonchev–Trinajstić information content (AvgIpc) is 3.53. The molecule has 3 aliphatic rings. The number of rotatable bonds is 1. The number of aryl methyl sites for hydroxylation is 1. The first kappa shape index (κ1) is 27.1. The Kier molecular flexibility index (Phi) is 5.12. The number of hydrogen-bond acceptors (Lipinski definition) is 1. The van der Waals surface area contributed by atoms with Crippen molar-refractivity contribution >= 4 is 51.0 Å². The maximum atomic E-state index is 2.68. The van der Waals surface area contributed by atoms with Crippen LogP contribution in [0.25, 0.3) is 49.7 Å². The summed E-state index contributed by atoms with van der Waals surface area (Å²) in [6.45, 7) is 14.2. The second-order valence-corrected chi connectivity index (χ2v) is 15.4. The van der Waals surface area contributed by atoms with Gasteiger partial charge in [-0.2, -0.15) is 0 Å². The van der Waals surface area contributed by atoms with Gasteiger partial charge in [0, 0.05) is 38.8 Å². The van der Waals surface area contributed by atoms with Crippen molar-refractivity contribution in [2.45, 2.75) is 52.4 Å². The predicted octanol–water partition coefficient (Wildman–Crippen LogP) is 9.93. The molecule has 0 radical (unpaired) electrons. The van der Waals surface area contributed by atoms with Crippen LogP contribution in [0.1, 0.15) is 56.9 Å². The summed E-state index contributed by atoms with van der Waals surface area (Å²) in [5, 5.41) is 2.64. The summed E-state index contributed by atoms with van der Waals surface area (Å²) < 4.78 is 2.59. The molecule has 0 saturated carbocycles. The highest BCUT2D eigenvalue weighted by Crippen LogP contribution is 2.57. The number of nitrogens with zero attached hydrogens (tertiary/aromatic N) is 2. The van der Waals surface area contributed by atoms with E-state index in [1.807, 2.05) is 0 Å². The predicted molar refractivity (Wildman–Crippen MR) is 201 cm³/mol. The zero-order valence-electron chi connectivity index (χ0n) is 27.9. The van der Waals surface area contributed by atoms with E-state index in [0.717, 1.165) is 0 Å². The third kappa shape index (κ3) is 3.32. The van der Waals surface area contributed by atoms with Crippen molar-refractivity contribution in [3.05, 3.63) is 138 Å². The number of benzene rings is 6. The minimum absolute atomic E-state index is 0.0253. The average molecular weight is 605 g/mol. The highest BCUT2D eigenvalue weighted by molar-refractivity contribution is 6.93. The number of anilines is 2. The van der Waals surface area contributed by atoms with Gasteiger partial charge in [0.25, 0.3) is 0 Å². The van der Waals surface area contributed by atoms with Gasteiger partial charge in [0.05, 0.1) is 11.0 Å². The van der Waals surface area contributed by atoms with E-state index >= 15 is 0 Å². The lowest BCUT2D eigenvalue weighted by Gasteiger charge is -2.44. The molecule has 47 heavy (non-hydrogen) atoms. The van der Waals surface area contributed by atoms with Crippen molar-refractivity contribution in [1.82, 2.24) is 4.57 Å². The van der Waals surface area contributed by atoms with Crippen LogP contribution >= 0.6 is 0 Å². The molecular weight excluding hydrogens is 567 g/mol. The van der Waals surface area contributed by atoms with E-state index < -0.39 is 0 Å². The Bertz CT molecular complexity index is 2510. The lowest BCUT2D eigenvalue weighted by Crippen LogP contribution is -2.61. The Morgan fingerprint density at radius 1 is 0.617 bits per heavy atom. The summed E-state index contributed by atoms with van der Waals surface area (Å²) in [6.07, 6.45) is 0. The molecular formula is C44H37BN2. The molecule has 3 heterocycles. The molecule has 10 rings (SSSR count). The smallest absolute Gasteiger partial charge is 0.333 e. The second-order valence-electron chi connectivity index (χ2n) is 15.4.